The molecule has 0 aliphatic rings. The lowest BCUT2D eigenvalue weighted by atomic mass is 10.2. The first-order valence-electron chi connectivity index (χ1n) is 3.82. The molecule has 66 valence electrons. The Hall–Kier alpha value is -1.91. The van der Waals surface area contributed by atoms with E-state index >= 15 is 0 Å². The third kappa shape index (κ3) is 1.35. The van der Waals surface area contributed by atoms with E-state index in [0.29, 0.717) is 5.82 Å². The van der Waals surface area contributed by atoms with Crippen molar-refractivity contribution in [1.82, 2.24) is 19.7 Å². The molecular formula is C8H9N5. The summed E-state index contributed by atoms with van der Waals surface area (Å²) in [4.78, 5) is 7.80. The van der Waals surface area contributed by atoms with Gasteiger partial charge in [0.1, 0.15) is 12.1 Å². The third-order valence-electron chi connectivity index (χ3n) is 1.77. The smallest absolute Gasteiger partial charge is 0.121 e. The minimum atomic E-state index is 0.624. The zero-order valence-electron chi connectivity index (χ0n) is 7.18. The van der Waals surface area contributed by atoms with Crippen molar-refractivity contribution in [2.45, 2.75) is 0 Å². The molecule has 5 heteroatoms. The highest BCUT2D eigenvalue weighted by atomic mass is 15.3. The fraction of sp³-hybridized carbons (Fsp3) is 0.125. The topological polar surface area (TPSA) is 69.6 Å². The molecule has 0 spiro atoms. The summed E-state index contributed by atoms with van der Waals surface area (Å²) in [7, 11) is 1.79. The summed E-state index contributed by atoms with van der Waals surface area (Å²) in [5.41, 5.74) is 7.30. The first-order valence-corrected chi connectivity index (χ1v) is 3.82. The summed E-state index contributed by atoms with van der Waals surface area (Å²) in [6, 6.07) is 1.79. The van der Waals surface area contributed by atoms with Gasteiger partial charge in [0.25, 0.3) is 0 Å². The molecule has 0 aliphatic heterocycles. The van der Waals surface area contributed by atoms with Gasteiger partial charge in [-0.2, -0.15) is 5.10 Å². The number of nitrogens with zero attached hydrogens (tertiary/aromatic N) is 4. The van der Waals surface area contributed by atoms with E-state index in [1.165, 1.54) is 6.33 Å². The molecule has 0 atom stereocenters. The van der Waals surface area contributed by atoms with Gasteiger partial charge in [-0.15, -0.1) is 0 Å². The highest BCUT2D eigenvalue weighted by Gasteiger charge is 2.03. The molecule has 0 unspecified atom stereocenters. The second-order valence-corrected chi connectivity index (χ2v) is 2.71. The maximum absolute atomic E-state index is 5.64. The van der Waals surface area contributed by atoms with Gasteiger partial charge in [-0.1, -0.05) is 0 Å². The first kappa shape index (κ1) is 7.72. The minimum absolute atomic E-state index is 0.624. The van der Waals surface area contributed by atoms with Crippen molar-refractivity contribution in [2.75, 3.05) is 5.73 Å². The van der Waals surface area contributed by atoms with Gasteiger partial charge in [-0.05, 0) is 0 Å². The van der Waals surface area contributed by atoms with Crippen LogP contribution in [0.15, 0.2) is 24.8 Å². The number of rotatable bonds is 1. The zero-order chi connectivity index (χ0) is 9.26. The summed E-state index contributed by atoms with van der Waals surface area (Å²) >= 11 is 0. The lowest BCUT2D eigenvalue weighted by Crippen LogP contribution is -1.96. The number of nitrogens with two attached hydrogens (primary N) is 1. The van der Waals surface area contributed by atoms with Gasteiger partial charge < -0.3 is 5.73 Å². The van der Waals surface area contributed by atoms with Crippen LogP contribution in [0.3, 0.4) is 0 Å². The summed E-state index contributed by atoms with van der Waals surface area (Å²) in [6.07, 6.45) is 4.89. The standard InChI is InChI=1S/C8H9N5/c1-13-8(9)2-7(12-13)6-3-10-5-11-4-6/h2-5H,9H2,1H3. The molecule has 0 amide bonds. The van der Waals surface area contributed by atoms with E-state index in [-0.39, 0.29) is 0 Å². The number of anilines is 1. The summed E-state index contributed by atoms with van der Waals surface area (Å²) < 4.78 is 1.61. The summed E-state index contributed by atoms with van der Waals surface area (Å²) in [5.74, 6) is 0.624. The van der Waals surface area contributed by atoms with Crippen LogP contribution in [0.2, 0.25) is 0 Å². The highest BCUT2D eigenvalue weighted by molar-refractivity contribution is 5.59. The Labute approximate surface area is 75.2 Å². The van der Waals surface area contributed by atoms with Crippen LogP contribution in [-0.2, 0) is 7.05 Å². The van der Waals surface area contributed by atoms with E-state index in [0.717, 1.165) is 11.3 Å². The lowest BCUT2D eigenvalue weighted by molar-refractivity contribution is 0.782. The van der Waals surface area contributed by atoms with Crippen molar-refractivity contribution in [3.05, 3.63) is 24.8 Å². The quantitative estimate of drug-likeness (QED) is 0.683. The largest absolute Gasteiger partial charge is 0.384 e. The second kappa shape index (κ2) is 2.85. The number of hydrogen-bond donors (Lipinski definition) is 1. The molecular weight excluding hydrogens is 166 g/mol. The monoisotopic (exact) mass is 175 g/mol. The maximum Gasteiger partial charge on any atom is 0.121 e. The predicted molar refractivity (Wildman–Crippen MR) is 48.6 cm³/mol. The second-order valence-electron chi connectivity index (χ2n) is 2.71. The predicted octanol–water partition coefficient (Wildman–Crippen LogP) is 0.459. The summed E-state index contributed by atoms with van der Waals surface area (Å²) in [6.45, 7) is 0. The van der Waals surface area contributed by atoms with Crippen LogP contribution in [0, 0.1) is 0 Å². The number of aryl methyl sites for hydroxylation is 1. The average molecular weight is 175 g/mol. The van der Waals surface area contributed by atoms with Gasteiger partial charge in [-0.25, -0.2) is 9.97 Å². The Morgan fingerprint density at radius 1 is 1.31 bits per heavy atom. The van der Waals surface area contributed by atoms with E-state index in [1.54, 1.807) is 30.2 Å². The number of hydrogen-bond acceptors (Lipinski definition) is 4. The molecule has 2 N–H and O–H groups in total. The Morgan fingerprint density at radius 2 is 2.00 bits per heavy atom. The minimum Gasteiger partial charge on any atom is -0.384 e. The lowest BCUT2D eigenvalue weighted by Gasteiger charge is -1.92. The van der Waals surface area contributed by atoms with Gasteiger partial charge in [0.15, 0.2) is 0 Å². The fourth-order valence-corrected chi connectivity index (χ4v) is 1.05. The van der Waals surface area contributed by atoms with Crippen LogP contribution < -0.4 is 5.73 Å². The van der Waals surface area contributed by atoms with Gasteiger partial charge >= 0.3 is 0 Å². The van der Waals surface area contributed by atoms with Crippen LogP contribution >= 0.6 is 0 Å². The van der Waals surface area contributed by atoms with Crippen LogP contribution in [0.25, 0.3) is 11.3 Å². The molecule has 2 aromatic heterocycles. The normalized spacial score (nSPS) is 10.2. The average Bonchev–Trinajstić information content (AvgIpc) is 2.49. The van der Waals surface area contributed by atoms with Crippen LogP contribution in [-0.4, -0.2) is 19.7 Å². The van der Waals surface area contributed by atoms with E-state index in [4.69, 9.17) is 5.73 Å². The Morgan fingerprint density at radius 3 is 2.54 bits per heavy atom. The van der Waals surface area contributed by atoms with Gasteiger partial charge in [0.2, 0.25) is 0 Å². The Bertz CT molecular complexity index is 386. The van der Waals surface area contributed by atoms with Gasteiger partial charge in [0.05, 0.1) is 5.69 Å². The molecule has 2 rings (SSSR count). The van der Waals surface area contributed by atoms with Crippen molar-refractivity contribution in [3.8, 4) is 11.3 Å². The van der Waals surface area contributed by atoms with Gasteiger partial charge in [0, 0.05) is 31.1 Å². The van der Waals surface area contributed by atoms with Crippen molar-refractivity contribution >= 4 is 5.82 Å². The molecule has 0 saturated carbocycles. The van der Waals surface area contributed by atoms with E-state index in [2.05, 4.69) is 15.1 Å². The zero-order valence-corrected chi connectivity index (χ0v) is 7.18. The molecule has 0 saturated heterocycles. The van der Waals surface area contributed by atoms with Crippen LogP contribution in [0.5, 0.6) is 0 Å². The van der Waals surface area contributed by atoms with E-state index in [9.17, 15) is 0 Å². The third-order valence-corrected chi connectivity index (χ3v) is 1.77. The summed E-state index contributed by atoms with van der Waals surface area (Å²) in [5, 5.41) is 4.19. The van der Waals surface area contributed by atoms with Crippen LogP contribution in [0.1, 0.15) is 0 Å². The molecule has 0 aliphatic carbocycles. The van der Waals surface area contributed by atoms with Crippen molar-refractivity contribution in [2.24, 2.45) is 7.05 Å². The maximum atomic E-state index is 5.64. The SMILES string of the molecule is Cn1nc(-c2cncnc2)cc1N. The molecule has 5 nitrogen and oxygen atoms in total. The molecule has 0 aromatic carbocycles. The van der Waals surface area contributed by atoms with E-state index in [1.807, 2.05) is 0 Å². The number of nitrogen functional groups attached to an aromatic ring is 1. The Balaban J connectivity index is 2.48. The van der Waals surface area contributed by atoms with Crippen molar-refractivity contribution in [1.29, 1.82) is 0 Å². The molecule has 2 aromatic rings. The molecule has 0 bridgehead atoms. The fourth-order valence-electron chi connectivity index (χ4n) is 1.05. The first-order chi connectivity index (χ1) is 6.27. The van der Waals surface area contributed by atoms with Crippen LogP contribution in [0.4, 0.5) is 5.82 Å². The van der Waals surface area contributed by atoms with Crippen molar-refractivity contribution < 1.29 is 0 Å². The molecule has 13 heavy (non-hydrogen) atoms. The molecule has 0 fully saturated rings. The highest BCUT2D eigenvalue weighted by Crippen LogP contribution is 2.16. The number of aromatic nitrogens is 4. The van der Waals surface area contributed by atoms with Crippen molar-refractivity contribution in [3.63, 3.8) is 0 Å². The Kier molecular flexibility index (Phi) is 1.70. The molecule has 0 radical (unpaired) electrons. The molecule has 2 heterocycles. The van der Waals surface area contributed by atoms with Gasteiger partial charge in [-0.3, -0.25) is 4.68 Å². The van der Waals surface area contributed by atoms with E-state index < -0.39 is 0 Å².